The molecule has 4 atom stereocenters. The van der Waals surface area contributed by atoms with Crippen molar-refractivity contribution in [3.05, 3.63) is 0 Å². The van der Waals surface area contributed by atoms with Crippen LogP contribution in [0.25, 0.3) is 0 Å². The van der Waals surface area contributed by atoms with Gasteiger partial charge in [-0.05, 0) is 43.9 Å². The van der Waals surface area contributed by atoms with Crippen molar-refractivity contribution >= 4 is 6.09 Å². The molecule has 2 saturated carbocycles. The fourth-order valence-electron chi connectivity index (χ4n) is 4.61. The third kappa shape index (κ3) is 4.61. The van der Waals surface area contributed by atoms with Crippen LogP contribution in [0.2, 0.25) is 0 Å². The van der Waals surface area contributed by atoms with Crippen molar-refractivity contribution in [2.75, 3.05) is 52.5 Å². The molecule has 2 aliphatic carbocycles. The molecule has 2 bridgehead atoms. The van der Waals surface area contributed by atoms with Crippen LogP contribution in [0, 0.1) is 17.8 Å². The number of aliphatic hydroxyl groups is 1. The highest BCUT2D eigenvalue weighted by atomic mass is 16.6. The first-order valence-electron chi connectivity index (χ1n) is 9.55. The maximum atomic E-state index is 11.7. The molecule has 0 aromatic rings. The van der Waals surface area contributed by atoms with Crippen molar-refractivity contribution < 1.29 is 19.4 Å². The Morgan fingerprint density at radius 1 is 1.21 bits per heavy atom. The first kappa shape index (κ1) is 18.0. The smallest absolute Gasteiger partial charge is 0.409 e. The minimum absolute atomic E-state index is 0.230. The monoisotopic (exact) mass is 340 g/mol. The van der Waals surface area contributed by atoms with E-state index in [1.165, 1.54) is 25.7 Å². The first-order valence-corrected chi connectivity index (χ1v) is 9.55. The lowest BCUT2D eigenvalue weighted by molar-refractivity contribution is -0.00854. The zero-order chi connectivity index (χ0) is 16.9. The topological polar surface area (TPSA) is 62.2 Å². The van der Waals surface area contributed by atoms with Crippen LogP contribution in [0.15, 0.2) is 0 Å². The molecule has 1 amide bonds. The molecule has 3 rings (SSSR count). The van der Waals surface area contributed by atoms with E-state index in [-0.39, 0.29) is 6.09 Å². The van der Waals surface area contributed by atoms with Crippen LogP contribution < -0.4 is 0 Å². The molecule has 0 unspecified atom stereocenters. The van der Waals surface area contributed by atoms with E-state index in [1.807, 2.05) is 6.92 Å². The summed E-state index contributed by atoms with van der Waals surface area (Å²) in [6.45, 7) is 6.98. The molecule has 6 heteroatoms. The summed E-state index contributed by atoms with van der Waals surface area (Å²) in [5.74, 6) is 2.55. The normalized spacial score (nSPS) is 31.4. The van der Waals surface area contributed by atoms with Gasteiger partial charge in [-0.25, -0.2) is 4.79 Å². The molecule has 1 aliphatic heterocycles. The number of amides is 1. The molecule has 3 aliphatic rings. The SMILES string of the molecule is CCOC(=O)N1CCN(C[C@H](O)COC[C@H]2C[C@@H]3CC[C@@H]2C3)CC1. The highest BCUT2D eigenvalue weighted by Gasteiger charge is 2.39. The van der Waals surface area contributed by atoms with Gasteiger partial charge < -0.3 is 19.5 Å². The highest BCUT2D eigenvalue weighted by Crippen LogP contribution is 2.48. The van der Waals surface area contributed by atoms with E-state index < -0.39 is 6.10 Å². The molecule has 1 N–H and O–H groups in total. The average Bonchev–Trinajstić information content (AvgIpc) is 3.18. The van der Waals surface area contributed by atoms with Gasteiger partial charge in [0, 0.05) is 39.3 Å². The summed E-state index contributed by atoms with van der Waals surface area (Å²) in [6.07, 6.45) is 4.86. The Morgan fingerprint density at radius 3 is 2.62 bits per heavy atom. The standard InChI is InChI=1S/C18H32N2O4/c1-2-24-18(22)20-7-5-19(6-8-20)11-17(21)13-23-12-16-10-14-3-4-15(16)9-14/h14-17,21H,2-13H2,1H3/t14-,15-,16-,17+/m1/s1. The van der Waals surface area contributed by atoms with Gasteiger partial charge in [-0.3, -0.25) is 4.90 Å². The van der Waals surface area contributed by atoms with Crippen LogP contribution in [0.4, 0.5) is 4.79 Å². The molecule has 6 nitrogen and oxygen atoms in total. The zero-order valence-corrected chi connectivity index (χ0v) is 14.9. The van der Waals surface area contributed by atoms with Crippen molar-refractivity contribution in [3.8, 4) is 0 Å². The van der Waals surface area contributed by atoms with Gasteiger partial charge >= 0.3 is 6.09 Å². The second-order valence-corrected chi connectivity index (χ2v) is 7.61. The van der Waals surface area contributed by atoms with Crippen molar-refractivity contribution in [2.45, 2.75) is 38.7 Å². The summed E-state index contributed by atoms with van der Waals surface area (Å²) >= 11 is 0. The van der Waals surface area contributed by atoms with Gasteiger partial charge in [0.2, 0.25) is 0 Å². The minimum Gasteiger partial charge on any atom is -0.450 e. The van der Waals surface area contributed by atoms with Crippen LogP contribution in [-0.4, -0.2) is 79.6 Å². The molecule has 0 radical (unpaired) electrons. The second kappa shape index (κ2) is 8.50. The summed E-state index contributed by atoms with van der Waals surface area (Å²) in [5, 5.41) is 10.2. The van der Waals surface area contributed by atoms with Gasteiger partial charge in [0.15, 0.2) is 0 Å². The Bertz CT molecular complexity index is 412. The zero-order valence-electron chi connectivity index (χ0n) is 14.9. The van der Waals surface area contributed by atoms with E-state index in [4.69, 9.17) is 9.47 Å². The molecule has 0 aromatic heterocycles. The number of carbonyl (C=O) groups excluding carboxylic acids is 1. The molecule has 0 spiro atoms. The highest BCUT2D eigenvalue weighted by molar-refractivity contribution is 5.67. The minimum atomic E-state index is -0.447. The van der Waals surface area contributed by atoms with Crippen LogP contribution in [0.3, 0.4) is 0 Å². The summed E-state index contributed by atoms with van der Waals surface area (Å²) in [6, 6.07) is 0. The number of ether oxygens (including phenoxy) is 2. The molecular formula is C18H32N2O4. The predicted molar refractivity (Wildman–Crippen MR) is 90.8 cm³/mol. The molecule has 138 valence electrons. The van der Waals surface area contributed by atoms with E-state index >= 15 is 0 Å². The van der Waals surface area contributed by atoms with Crippen molar-refractivity contribution in [3.63, 3.8) is 0 Å². The lowest BCUT2D eigenvalue weighted by atomic mass is 9.90. The molecule has 0 aromatic carbocycles. The fourth-order valence-corrected chi connectivity index (χ4v) is 4.61. The Hall–Kier alpha value is -0.850. The lowest BCUT2D eigenvalue weighted by Gasteiger charge is -2.35. The van der Waals surface area contributed by atoms with E-state index in [1.54, 1.807) is 4.90 Å². The maximum absolute atomic E-state index is 11.7. The molecule has 24 heavy (non-hydrogen) atoms. The van der Waals surface area contributed by atoms with E-state index in [9.17, 15) is 9.90 Å². The summed E-state index contributed by atoms with van der Waals surface area (Å²) < 4.78 is 10.8. The Balaban J connectivity index is 1.27. The van der Waals surface area contributed by atoms with Gasteiger partial charge in [0.1, 0.15) is 0 Å². The average molecular weight is 340 g/mol. The van der Waals surface area contributed by atoms with Gasteiger partial charge in [-0.1, -0.05) is 6.42 Å². The lowest BCUT2D eigenvalue weighted by Crippen LogP contribution is -2.51. The number of rotatable bonds is 7. The third-order valence-corrected chi connectivity index (χ3v) is 5.89. The largest absolute Gasteiger partial charge is 0.450 e. The Labute approximate surface area is 145 Å². The third-order valence-electron chi connectivity index (χ3n) is 5.89. The summed E-state index contributed by atoms with van der Waals surface area (Å²) in [7, 11) is 0. The second-order valence-electron chi connectivity index (χ2n) is 7.61. The van der Waals surface area contributed by atoms with Gasteiger partial charge in [0.05, 0.1) is 19.3 Å². The number of carbonyl (C=O) groups is 1. The Kier molecular flexibility index (Phi) is 6.36. The number of nitrogens with zero attached hydrogens (tertiary/aromatic N) is 2. The predicted octanol–water partition coefficient (Wildman–Crippen LogP) is 1.57. The number of piperazine rings is 1. The molecular weight excluding hydrogens is 308 g/mol. The molecule has 3 fully saturated rings. The van der Waals surface area contributed by atoms with Crippen LogP contribution >= 0.6 is 0 Å². The quantitative estimate of drug-likeness (QED) is 0.762. The number of aliphatic hydroxyl groups excluding tert-OH is 1. The Morgan fingerprint density at radius 2 is 2.00 bits per heavy atom. The summed E-state index contributed by atoms with van der Waals surface area (Å²) in [4.78, 5) is 15.6. The van der Waals surface area contributed by atoms with E-state index in [2.05, 4.69) is 4.90 Å². The van der Waals surface area contributed by atoms with Crippen LogP contribution in [-0.2, 0) is 9.47 Å². The van der Waals surface area contributed by atoms with Gasteiger partial charge in [0.25, 0.3) is 0 Å². The van der Waals surface area contributed by atoms with Gasteiger partial charge in [-0.2, -0.15) is 0 Å². The van der Waals surface area contributed by atoms with E-state index in [0.29, 0.717) is 32.8 Å². The maximum Gasteiger partial charge on any atom is 0.409 e. The molecule has 1 heterocycles. The fraction of sp³-hybridized carbons (Fsp3) is 0.944. The number of hydrogen-bond acceptors (Lipinski definition) is 5. The first-order chi connectivity index (χ1) is 11.7. The van der Waals surface area contributed by atoms with Crippen molar-refractivity contribution in [2.24, 2.45) is 17.8 Å². The van der Waals surface area contributed by atoms with Crippen LogP contribution in [0.5, 0.6) is 0 Å². The molecule has 1 saturated heterocycles. The van der Waals surface area contributed by atoms with Gasteiger partial charge in [-0.15, -0.1) is 0 Å². The van der Waals surface area contributed by atoms with Crippen molar-refractivity contribution in [1.82, 2.24) is 9.80 Å². The van der Waals surface area contributed by atoms with E-state index in [0.717, 1.165) is 37.5 Å². The number of β-amino-alcohol motifs (C(OH)–C–C–N with tert-alkyl or cyclic N) is 1. The number of hydrogen-bond donors (Lipinski definition) is 1. The van der Waals surface area contributed by atoms with Crippen molar-refractivity contribution in [1.29, 1.82) is 0 Å². The van der Waals surface area contributed by atoms with Crippen LogP contribution in [0.1, 0.15) is 32.6 Å². The number of fused-ring (bicyclic) bond motifs is 2. The summed E-state index contributed by atoms with van der Waals surface area (Å²) in [5.41, 5.74) is 0.